The molecule has 0 atom stereocenters. The van der Waals surface area contributed by atoms with E-state index in [0.29, 0.717) is 24.4 Å². The summed E-state index contributed by atoms with van der Waals surface area (Å²) in [4.78, 5) is 24.2. The van der Waals surface area contributed by atoms with Crippen LogP contribution in [-0.2, 0) is 9.53 Å². The second-order valence-electron chi connectivity index (χ2n) is 6.78. The minimum absolute atomic E-state index is 0.0870. The number of amides is 2. The molecule has 0 unspecified atom stereocenters. The lowest BCUT2D eigenvalue weighted by molar-refractivity contribution is -0.114. The van der Waals surface area contributed by atoms with Crippen molar-refractivity contribution >= 4 is 23.2 Å². The highest BCUT2D eigenvalue weighted by molar-refractivity contribution is 5.96. The number of carbonyl (C=O) groups is 2. The fourth-order valence-corrected chi connectivity index (χ4v) is 2.56. The molecule has 0 aliphatic rings. The largest absolute Gasteiger partial charge is 0.491 e. The van der Waals surface area contributed by atoms with E-state index in [1.54, 1.807) is 31.4 Å². The Labute approximate surface area is 171 Å². The van der Waals surface area contributed by atoms with Gasteiger partial charge in [-0.2, -0.15) is 0 Å². The van der Waals surface area contributed by atoms with Gasteiger partial charge in [0.25, 0.3) is 5.91 Å². The molecule has 2 amide bonds. The molecule has 2 rings (SSSR count). The first-order valence-corrected chi connectivity index (χ1v) is 9.65. The Balaban J connectivity index is 1.79. The topological polar surface area (TPSA) is 88.7 Å². The van der Waals surface area contributed by atoms with Crippen LogP contribution in [0.3, 0.4) is 0 Å². The molecular weight excluding hydrogens is 370 g/mol. The van der Waals surface area contributed by atoms with Gasteiger partial charge in [-0.25, -0.2) is 0 Å². The molecule has 7 nitrogen and oxygen atoms in total. The Morgan fingerprint density at radius 3 is 2.48 bits per heavy atom. The van der Waals surface area contributed by atoms with Crippen molar-refractivity contribution in [2.24, 2.45) is 0 Å². The van der Waals surface area contributed by atoms with E-state index >= 15 is 0 Å². The summed E-state index contributed by atoms with van der Waals surface area (Å²) in [7, 11) is 1.63. The first-order valence-electron chi connectivity index (χ1n) is 9.65. The van der Waals surface area contributed by atoms with Gasteiger partial charge in [-0.1, -0.05) is 6.07 Å². The molecular formula is C22H29N3O4. The highest BCUT2D eigenvalue weighted by atomic mass is 16.5. The van der Waals surface area contributed by atoms with Crippen LogP contribution in [0.2, 0.25) is 0 Å². The van der Waals surface area contributed by atoms with Crippen molar-refractivity contribution in [2.45, 2.75) is 26.4 Å². The maximum absolute atomic E-state index is 12.2. The van der Waals surface area contributed by atoms with Crippen LogP contribution in [0.25, 0.3) is 0 Å². The number of benzene rings is 2. The third kappa shape index (κ3) is 8.23. The van der Waals surface area contributed by atoms with Crippen molar-refractivity contribution in [1.29, 1.82) is 0 Å². The molecule has 0 aliphatic carbocycles. The smallest absolute Gasteiger partial charge is 0.251 e. The molecule has 0 spiro atoms. The second kappa shape index (κ2) is 11.7. The molecule has 0 radical (unpaired) electrons. The van der Waals surface area contributed by atoms with E-state index in [9.17, 15) is 9.59 Å². The highest BCUT2D eigenvalue weighted by Gasteiger charge is 2.07. The van der Waals surface area contributed by atoms with Gasteiger partial charge >= 0.3 is 0 Å². The Morgan fingerprint density at radius 2 is 1.79 bits per heavy atom. The van der Waals surface area contributed by atoms with Gasteiger partial charge in [0.2, 0.25) is 5.91 Å². The monoisotopic (exact) mass is 399 g/mol. The zero-order valence-electron chi connectivity index (χ0n) is 17.2. The molecule has 2 aromatic carbocycles. The molecule has 0 saturated carbocycles. The minimum atomic E-state index is -0.183. The number of rotatable bonds is 11. The zero-order valence-corrected chi connectivity index (χ0v) is 17.2. The molecule has 3 N–H and O–H groups in total. The van der Waals surface area contributed by atoms with Gasteiger partial charge in [0.1, 0.15) is 5.75 Å². The van der Waals surface area contributed by atoms with Crippen LogP contribution in [0.1, 0.15) is 30.6 Å². The standard InChI is InChI=1S/C22H29N3O4/c1-16(2)29-20-7-4-6-19(14-20)24-15-21(26)25-18-10-8-17(9-11-18)22(27)23-12-5-13-28-3/h4,6-11,14,16,24H,5,12-13,15H2,1-3H3,(H,23,27)(H,25,26). The summed E-state index contributed by atoms with van der Waals surface area (Å²) in [5.41, 5.74) is 1.98. The van der Waals surface area contributed by atoms with Crippen LogP contribution < -0.4 is 20.7 Å². The number of anilines is 2. The molecule has 0 heterocycles. The Kier molecular flexibility index (Phi) is 8.98. The second-order valence-corrected chi connectivity index (χ2v) is 6.78. The Morgan fingerprint density at radius 1 is 1.03 bits per heavy atom. The Bertz CT molecular complexity index is 791. The van der Waals surface area contributed by atoms with Crippen LogP contribution in [-0.4, -0.2) is 44.7 Å². The van der Waals surface area contributed by atoms with E-state index in [1.807, 2.05) is 38.1 Å². The summed E-state index contributed by atoms with van der Waals surface area (Å²) in [6, 6.07) is 14.3. The van der Waals surface area contributed by atoms with Gasteiger partial charge in [0, 0.05) is 43.3 Å². The average molecular weight is 399 g/mol. The fraction of sp³-hybridized carbons (Fsp3) is 0.364. The van der Waals surface area contributed by atoms with Crippen LogP contribution in [0, 0.1) is 0 Å². The summed E-state index contributed by atoms with van der Waals surface area (Å²) in [5, 5.41) is 8.70. The normalized spacial score (nSPS) is 10.5. The molecule has 0 fully saturated rings. The van der Waals surface area contributed by atoms with E-state index in [4.69, 9.17) is 9.47 Å². The quantitative estimate of drug-likeness (QED) is 0.505. The van der Waals surface area contributed by atoms with Gasteiger partial charge in [0.15, 0.2) is 0 Å². The number of nitrogens with one attached hydrogen (secondary N) is 3. The maximum atomic E-state index is 12.2. The molecule has 29 heavy (non-hydrogen) atoms. The summed E-state index contributed by atoms with van der Waals surface area (Å²) in [5.74, 6) is 0.419. The van der Waals surface area contributed by atoms with E-state index in [0.717, 1.165) is 17.9 Å². The third-order valence-electron chi connectivity index (χ3n) is 3.90. The summed E-state index contributed by atoms with van der Waals surface area (Å²) in [6.07, 6.45) is 0.847. The molecule has 0 saturated heterocycles. The first kappa shape index (κ1) is 22.2. The number of ether oxygens (including phenoxy) is 2. The van der Waals surface area contributed by atoms with Crippen LogP contribution >= 0.6 is 0 Å². The van der Waals surface area contributed by atoms with Crippen LogP contribution in [0.15, 0.2) is 48.5 Å². The third-order valence-corrected chi connectivity index (χ3v) is 3.90. The fourth-order valence-electron chi connectivity index (χ4n) is 2.56. The number of hydrogen-bond donors (Lipinski definition) is 3. The molecule has 0 aliphatic heterocycles. The van der Waals surface area contributed by atoms with Gasteiger partial charge in [-0.15, -0.1) is 0 Å². The molecule has 0 aromatic heterocycles. The number of methoxy groups -OCH3 is 1. The molecule has 7 heteroatoms. The van der Waals surface area contributed by atoms with Crippen molar-refractivity contribution in [3.05, 3.63) is 54.1 Å². The summed E-state index contributed by atoms with van der Waals surface area (Å²) in [6.45, 7) is 5.20. The lowest BCUT2D eigenvalue weighted by Gasteiger charge is -2.12. The SMILES string of the molecule is COCCCNC(=O)c1ccc(NC(=O)CNc2cccc(OC(C)C)c2)cc1. The first-order chi connectivity index (χ1) is 14.0. The average Bonchev–Trinajstić information content (AvgIpc) is 2.70. The molecule has 2 aromatic rings. The lowest BCUT2D eigenvalue weighted by Crippen LogP contribution is -2.25. The maximum Gasteiger partial charge on any atom is 0.251 e. The zero-order chi connectivity index (χ0) is 21.1. The van der Waals surface area contributed by atoms with E-state index in [-0.39, 0.29) is 24.5 Å². The van der Waals surface area contributed by atoms with E-state index in [2.05, 4.69) is 16.0 Å². The minimum Gasteiger partial charge on any atom is -0.491 e. The van der Waals surface area contributed by atoms with Crippen molar-refractivity contribution in [1.82, 2.24) is 5.32 Å². The van der Waals surface area contributed by atoms with Crippen LogP contribution in [0.4, 0.5) is 11.4 Å². The number of carbonyl (C=O) groups excluding carboxylic acids is 2. The van der Waals surface area contributed by atoms with Crippen molar-refractivity contribution < 1.29 is 19.1 Å². The highest BCUT2D eigenvalue weighted by Crippen LogP contribution is 2.18. The van der Waals surface area contributed by atoms with Gasteiger partial charge < -0.3 is 25.4 Å². The predicted molar refractivity (Wildman–Crippen MR) is 115 cm³/mol. The van der Waals surface area contributed by atoms with Gasteiger partial charge in [0.05, 0.1) is 12.6 Å². The lowest BCUT2D eigenvalue weighted by atomic mass is 10.2. The van der Waals surface area contributed by atoms with E-state index in [1.165, 1.54) is 0 Å². The number of hydrogen-bond acceptors (Lipinski definition) is 5. The van der Waals surface area contributed by atoms with Gasteiger partial charge in [-0.3, -0.25) is 9.59 Å². The summed E-state index contributed by atoms with van der Waals surface area (Å²) < 4.78 is 10.6. The molecule has 156 valence electrons. The van der Waals surface area contributed by atoms with Crippen molar-refractivity contribution in [2.75, 3.05) is 37.4 Å². The Hall–Kier alpha value is -3.06. The predicted octanol–water partition coefficient (Wildman–Crippen LogP) is 3.29. The van der Waals surface area contributed by atoms with Crippen LogP contribution in [0.5, 0.6) is 5.75 Å². The van der Waals surface area contributed by atoms with Crippen molar-refractivity contribution in [3.8, 4) is 5.75 Å². The summed E-state index contributed by atoms with van der Waals surface area (Å²) >= 11 is 0. The molecule has 0 bridgehead atoms. The van der Waals surface area contributed by atoms with E-state index < -0.39 is 0 Å². The van der Waals surface area contributed by atoms with Crippen molar-refractivity contribution in [3.63, 3.8) is 0 Å². The van der Waals surface area contributed by atoms with Gasteiger partial charge in [-0.05, 0) is 56.7 Å².